The molecule has 0 amide bonds. The second kappa shape index (κ2) is 22.9. The van der Waals surface area contributed by atoms with Crippen LogP contribution in [0.15, 0.2) is 80.0 Å². The lowest BCUT2D eigenvalue weighted by molar-refractivity contribution is 0.832. The van der Waals surface area contributed by atoms with Gasteiger partial charge in [-0.15, -0.1) is 0 Å². The summed E-state index contributed by atoms with van der Waals surface area (Å²) in [7, 11) is 0. The molecule has 30 heavy (non-hydrogen) atoms. The maximum atomic E-state index is 3.86. The first-order valence-electron chi connectivity index (χ1n) is 11.6. The van der Waals surface area contributed by atoms with Gasteiger partial charge >= 0.3 is 0 Å². The third-order valence-electron chi connectivity index (χ3n) is 3.53. The molecule has 0 N–H and O–H groups in total. The molecule has 0 heteroatoms. The summed E-state index contributed by atoms with van der Waals surface area (Å²) >= 11 is 0. The van der Waals surface area contributed by atoms with E-state index in [-0.39, 0.29) is 0 Å². The minimum atomic E-state index is 0.520. The fourth-order valence-electron chi connectivity index (χ4n) is 2.41. The molecule has 0 heterocycles. The zero-order chi connectivity index (χ0) is 23.9. The number of hydrogen-bond donors (Lipinski definition) is 0. The molecule has 0 saturated carbocycles. The molecule has 1 aromatic carbocycles. The zero-order valence-electron chi connectivity index (χ0n) is 21.5. The third kappa shape index (κ3) is 14.6. The van der Waals surface area contributed by atoms with Crippen LogP contribution >= 0.6 is 0 Å². The van der Waals surface area contributed by atoms with E-state index in [1.807, 2.05) is 53.7 Å². The van der Waals surface area contributed by atoms with Crippen molar-refractivity contribution < 1.29 is 0 Å². The molecule has 168 valence electrons. The van der Waals surface area contributed by atoms with Crippen LogP contribution in [-0.4, -0.2) is 0 Å². The average Bonchev–Trinajstić information content (AvgIpc) is 2.77. The lowest BCUT2D eigenvalue weighted by Gasteiger charge is -2.10. The summed E-state index contributed by atoms with van der Waals surface area (Å²) in [6.07, 6.45) is 17.6. The topological polar surface area (TPSA) is 0 Å². The highest BCUT2D eigenvalue weighted by Gasteiger charge is 2.04. The lowest BCUT2D eigenvalue weighted by atomic mass is 9.95. The average molecular weight is 409 g/mol. The Morgan fingerprint density at radius 1 is 0.800 bits per heavy atom. The SMILES string of the molecule is C=C/C=C(\C=C/CC)c1cc(C)cc(C(/C=C\C(C)C)=C/C=C)c1.CC.CC.CC. The Morgan fingerprint density at radius 2 is 1.23 bits per heavy atom. The Balaban J connectivity index is -0.00000111. The summed E-state index contributed by atoms with van der Waals surface area (Å²) < 4.78 is 0. The minimum absolute atomic E-state index is 0.520. The van der Waals surface area contributed by atoms with E-state index in [4.69, 9.17) is 0 Å². The fourth-order valence-corrected chi connectivity index (χ4v) is 2.41. The van der Waals surface area contributed by atoms with Crippen molar-refractivity contribution in [2.75, 3.05) is 0 Å². The highest BCUT2D eigenvalue weighted by atomic mass is 14.1. The number of benzene rings is 1. The first kappa shape index (κ1) is 32.3. The van der Waals surface area contributed by atoms with Gasteiger partial charge in [-0.1, -0.05) is 136 Å². The molecule has 0 unspecified atom stereocenters. The quantitative estimate of drug-likeness (QED) is 0.375. The predicted octanol–water partition coefficient (Wildman–Crippen LogP) is 10.4. The summed E-state index contributed by atoms with van der Waals surface area (Å²) in [6.45, 7) is 28.4. The Morgan fingerprint density at radius 3 is 1.60 bits per heavy atom. The second-order valence-corrected chi connectivity index (χ2v) is 6.22. The van der Waals surface area contributed by atoms with Crippen LogP contribution in [-0.2, 0) is 0 Å². The number of aryl methyl sites for hydroxylation is 1. The molecule has 0 saturated heterocycles. The lowest BCUT2D eigenvalue weighted by Crippen LogP contribution is -1.90. The monoisotopic (exact) mass is 408 g/mol. The number of allylic oxidation sites excluding steroid dienone is 10. The minimum Gasteiger partial charge on any atom is -0.0990 e. The van der Waals surface area contributed by atoms with Crippen molar-refractivity contribution in [3.63, 3.8) is 0 Å². The Labute approximate surface area is 189 Å². The maximum Gasteiger partial charge on any atom is -0.0175 e. The van der Waals surface area contributed by atoms with E-state index in [0.29, 0.717) is 5.92 Å². The van der Waals surface area contributed by atoms with Gasteiger partial charge in [0.05, 0.1) is 0 Å². The fraction of sp³-hybridized carbons (Fsp3) is 0.400. The summed E-state index contributed by atoms with van der Waals surface area (Å²) in [5.74, 6) is 0.520. The predicted molar refractivity (Wildman–Crippen MR) is 145 cm³/mol. The first-order chi connectivity index (χ1) is 14.5. The summed E-state index contributed by atoms with van der Waals surface area (Å²) in [5, 5.41) is 0. The van der Waals surface area contributed by atoms with Crippen molar-refractivity contribution in [3.8, 4) is 0 Å². The number of hydrogen-bond acceptors (Lipinski definition) is 0. The van der Waals surface area contributed by atoms with Crippen LogP contribution < -0.4 is 0 Å². The molecule has 0 aliphatic heterocycles. The van der Waals surface area contributed by atoms with E-state index < -0.39 is 0 Å². The van der Waals surface area contributed by atoms with E-state index in [9.17, 15) is 0 Å². The van der Waals surface area contributed by atoms with Crippen molar-refractivity contribution >= 4 is 11.1 Å². The molecular formula is C30H48. The van der Waals surface area contributed by atoms with Gasteiger partial charge in [-0.3, -0.25) is 0 Å². The Hall–Kier alpha value is -2.34. The Kier molecular flexibility index (Phi) is 24.7. The van der Waals surface area contributed by atoms with Crippen molar-refractivity contribution in [1.29, 1.82) is 0 Å². The van der Waals surface area contributed by atoms with Crippen LogP contribution in [0.1, 0.15) is 85.4 Å². The second-order valence-electron chi connectivity index (χ2n) is 6.22. The highest BCUT2D eigenvalue weighted by molar-refractivity contribution is 5.81. The summed E-state index contributed by atoms with van der Waals surface area (Å²) in [4.78, 5) is 0. The van der Waals surface area contributed by atoms with Gasteiger partial charge < -0.3 is 0 Å². The Bertz CT molecular complexity index is 676. The van der Waals surface area contributed by atoms with Crippen molar-refractivity contribution in [1.82, 2.24) is 0 Å². The van der Waals surface area contributed by atoms with Crippen LogP contribution in [0, 0.1) is 12.8 Å². The van der Waals surface area contributed by atoms with Crippen LogP contribution in [0.2, 0.25) is 0 Å². The van der Waals surface area contributed by atoms with Crippen molar-refractivity contribution in [2.45, 2.75) is 75.7 Å². The van der Waals surface area contributed by atoms with Gasteiger partial charge in [0.15, 0.2) is 0 Å². The van der Waals surface area contributed by atoms with Crippen molar-refractivity contribution in [3.05, 3.63) is 96.7 Å². The summed E-state index contributed by atoms with van der Waals surface area (Å²) in [6, 6.07) is 6.68. The van der Waals surface area contributed by atoms with E-state index >= 15 is 0 Å². The van der Waals surface area contributed by atoms with E-state index in [1.54, 1.807) is 0 Å². The van der Waals surface area contributed by atoms with E-state index in [1.165, 1.54) is 27.8 Å². The largest absolute Gasteiger partial charge is 0.0990 e. The molecule has 0 radical (unpaired) electrons. The van der Waals surface area contributed by atoms with Gasteiger partial charge in [-0.2, -0.15) is 0 Å². The molecule has 0 aromatic heterocycles. The van der Waals surface area contributed by atoms with Gasteiger partial charge in [0.25, 0.3) is 0 Å². The first-order valence-corrected chi connectivity index (χ1v) is 11.6. The normalized spacial score (nSPS) is 11.2. The van der Waals surface area contributed by atoms with Crippen LogP contribution in [0.4, 0.5) is 0 Å². The summed E-state index contributed by atoms with van der Waals surface area (Å²) in [5.41, 5.74) is 6.03. The third-order valence-corrected chi connectivity index (χ3v) is 3.53. The molecule has 0 aliphatic rings. The van der Waals surface area contributed by atoms with Crippen LogP contribution in [0.25, 0.3) is 11.1 Å². The van der Waals surface area contributed by atoms with Crippen LogP contribution in [0.5, 0.6) is 0 Å². The zero-order valence-corrected chi connectivity index (χ0v) is 21.5. The van der Waals surface area contributed by atoms with Crippen LogP contribution in [0.3, 0.4) is 0 Å². The van der Waals surface area contributed by atoms with Gasteiger partial charge in [-0.25, -0.2) is 0 Å². The smallest absolute Gasteiger partial charge is 0.0175 e. The molecular weight excluding hydrogens is 360 g/mol. The maximum absolute atomic E-state index is 3.86. The molecule has 0 bridgehead atoms. The molecule has 0 aliphatic carbocycles. The molecule has 0 fully saturated rings. The molecule has 0 atom stereocenters. The van der Waals surface area contributed by atoms with E-state index in [2.05, 4.69) is 95.5 Å². The van der Waals surface area contributed by atoms with Gasteiger partial charge in [-0.05, 0) is 53.2 Å². The highest BCUT2D eigenvalue weighted by Crippen LogP contribution is 2.25. The van der Waals surface area contributed by atoms with Gasteiger partial charge in [0.1, 0.15) is 0 Å². The number of rotatable bonds is 8. The molecule has 0 nitrogen and oxygen atoms in total. The van der Waals surface area contributed by atoms with Gasteiger partial charge in [0.2, 0.25) is 0 Å². The molecule has 1 rings (SSSR count). The van der Waals surface area contributed by atoms with Gasteiger partial charge in [0, 0.05) is 0 Å². The van der Waals surface area contributed by atoms with E-state index in [0.717, 1.165) is 6.42 Å². The van der Waals surface area contributed by atoms with Crippen molar-refractivity contribution in [2.24, 2.45) is 5.92 Å². The molecule has 0 spiro atoms. The standard InChI is InChI=1S/C24H30.3C2H6/c1-7-10-13-21(11-8-2)23-16-20(6)17-24(18-23)22(12-9-3)15-14-19(4)5;3*1-2/h8-19H,2-3,7H2,1,4-6H3;3*1-2H3/b13-10-,15-14-,21-11+,22-12+;;;. The molecule has 1 aromatic rings.